The summed E-state index contributed by atoms with van der Waals surface area (Å²) < 4.78 is 0. The largest absolute Gasteiger partial charge is 0.550 e. The molecule has 0 aromatic heterocycles. The fourth-order valence-corrected chi connectivity index (χ4v) is 8.50. The van der Waals surface area contributed by atoms with Crippen LogP contribution >= 0.6 is 7.26 Å². The molecule has 0 aliphatic carbocycles. The second kappa shape index (κ2) is 12.4. The molecule has 0 bridgehead atoms. The molecule has 0 aliphatic rings. The molecule has 0 N–H and O–H groups in total. The Balaban J connectivity index is 0.000000983. The molecular weight excluding hydrogens is 515 g/mol. The average molecular weight is 545 g/mol. The van der Waals surface area contributed by atoms with E-state index in [0.717, 1.165) is 45.6 Å². The SMILES string of the molecule is CC(=O)[O-].Cc1ccc([P+](Cc2cc([N+](=O)[O-])cc([N+](=O)[O-])c2)(c2ccc(C)cc2)c2ccc(C)cc2)cc1. The predicted molar refractivity (Wildman–Crippen MR) is 153 cm³/mol. The number of carboxylic acid groups (broad SMARTS) is 1. The molecular formula is C30H29N2O6P. The van der Waals surface area contributed by atoms with E-state index < -0.39 is 23.1 Å². The zero-order valence-corrected chi connectivity index (χ0v) is 23.1. The maximum Gasteiger partial charge on any atom is 0.276 e. The lowest BCUT2D eigenvalue weighted by molar-refractivity contribution is -0.394. The van der Waals surface area contributed by atoms with Gasteiger partial charge in [-0.05, 0) is 64.1 Å². The Morgan fingerprint density at radius 2 is 0.923 bits per heavy atom. The number of aliphatic carboxylic acids is 1. The topological polar surface area (TPSA) is 126 Å². The minimum atomic E-state index is -2.38. The van der Waals surface area contributed by atoms with Crippen LogP contribution < -0.4 is 21.0 Å². The molecule has 4 aromatic carbocycles. The quantitative estimate of drug-likeness (QED) is 0.189. The van der Waals surface area contributed by atoms with Crippen molar-refractivity contribution in [2.45, 2.75) is 33.9 Å². The standard InChI is InChI=1S/C28H26N2O4P.C2H4O2/c1-20-4-10-26(11-5-20)35(27-12-6-21(2)7-13-27,28-14-8-22(3)9-15-28)19-23-16-24(29(31)32)18-25(17-23)30(33)34;1-2(3)4/h4-18H,19H2,1-3H3;1H3,(H,3,4)/q+1;/p-1. The smallest absolute Gasteiger partial charge is 0.276 e. The normalized spacial score (nSPS) is 10.8. The number of benzene rings is 4. The Bertz CT molecular complexity index is 1340. The lowest BCUT2D eigenvalue weighted by Gasteiger charge is -2.28. The third kappa shape index (κ3) is 7.12. The van der Waals surface area contributed by atoms with E-state index in [-0.39, 0.29) is 11.4 Å². The van der Waals surface area contributed by atoms with Gasteiger partial charge in [0.25, 0.3) is 11.4 Å². The predicted octanol–water partition coefficient (Wildman–Crippen LogP) is 4.68. The minimum Gasteiger partial charge on any atom is -0.550 e. The molecule has 0 radical (unpaired) electrons. The first-order valence-corrected chi connectivity index (χ1v) is 14.1. The molecule has 9 heteroatoms. The summed E-state index contributed by atoms with van der Waals surface area (Å²) in [5.74, 6) is -1.08. The van der Waals surface area contributed by atoms with E-state index in [1.165, 1.54) is 12.1 Å². The van der Waals surface area contributed by atoms with Crippen LogP contribution in [-0.2, 0) is 11.0 Å². The fourth-order valence-electron chi connectivity index (χ4n) is 4.35. The van der Waals surface area contributed by atoms with Gasteiger partial charge in [0.05, 0.1) is 22.1 Å². The van der Waals surface area contributed by atoms with E-state index in [1.54, 1.807) is 0 Å². The number of aryl methyl sites for hydroxylation is 3. The number of nitro benzene ring substituents is 2. The highest BCUT2D eigenvalue weighted by molar-refractivity contribution is 7.95. The van der Waals surface area contributed by atoms with Gasteiger partial charge in [-0.2, -0.15) is 0 Å². The summed E-state index contributed by atoms with van der Waals surface area (Å²) in [4.78, 5) is 31.0. The first-order chi connectivity index (χ1) is 18.4. The molecule has 0 unspecified atom stereocenters. The maximum atomic E-state index is 11.6. The molecule has 0 saturated carbocycles. The number of nitrogens with zero attached hydrogens (tertiary/aromatic N) is 2. The van der Waals surface area contributed by atoms with Gasteiger partial charge in [-0.1, -0.05) is 53.1 Å². The second-order valence-electron chi connectivity index (χ2n) is 9.34. The highest BCUT2D eigenvalue weighted by Crippen LogP contribution is 2.58. The Labute approximate surface area is 227 Å². The lowest BCUT2D eigenvalue weighted by atomic mass is 10.2. The fraction of sp³-hybridized carbons (Fsp3) is 0.167. The van der Waals surface area contributed by atoms with Crippen LogP contribution in [0.4, 0.5) is 11.4 Å². The number of carbonyl (C=O) groups is 1. The Morgan fingerprint density at radius 3 is 1.18 bits per heavy atom. The van der Waals surface area contributed by atoms with Crippen molar-refractivity contribution in [1.29, 1.82) is 0 Å². The molecule has 0 aliphatic heterocycles. The lowest BCUT2D eigenvalue weighted by Crippen LogP contribution is -2.32. The molecule has 8 nitrogen and oxygen atoms in total. The molecule has 4 rings (SSSR count). The van der Waals surface area contributed by atoms with Crippen LogP contribution in [0.15, 0.2) is 91.0 Å². The van der Waals surface area contributed by atoms with Gasteiger partial charge in [-0.3, -0.25) is 20.2 Å². The highest BCUT2D eigenvalue weighted by atomic mass is 31.2. The summed E-state index contributed by atoms with van der Waals surface area (Å²) in [6.45, 7) is 7.07. The van der Waals surface area contributed by atoms with Gasteiger partial charge in [-0.15, -0.1) is 0 Å². The number of nitro groups is 2. The van der Waals surface area contributed by atoms with Gasteiger partial charge in [0.2, 0.25) is 0 Å². The van der Waals surface area contributed by atoms with Crippen LogP contribution in [0, 0.1) is 41.0 Å². The van der Waals surface area contributed by atoms with Crippen molar-refractivity contribution < 1.29 is 19.7 Å². The molecule has 0 saturated heterocycles. The Kier molecular flexibility index (Phi) is 9.28. The van der Waals surface area contributed by atoms with Gasteiger partial charge in [0.1, 0.15) is 23.2 Å². The van der Waals surface area contributed by atoms with Gasteiger partial charge in [0, 0.05) is 23.7 Å². The van der Waals surface area contributed by atoms with Gasteiger partial charge in [-0.25, -0.2) is 0 Å². The van der Waals surface area contributed by atoms with Crippen LogP contribution in [0.2, 0.25) is 0 Å². The van der Waals surface area contributed by atoms with E-state index in [2.05, 4.69) is 72.8 Å². The van der Waals surface area contributed by atoms with Crippen molar-refractivity contribution in [1.82, 2.24) is 0 Å². The van der Waals surface area contributed by atoms with Crippen LogP contribution in [0.3, 0.4) is 0 Å². The molecule has 0 heterocycles. The van der Waals surface area contributed by atoms with E-state index in [4.69, 9.17) is 9.90 Å². The van der Waals surface area contributed by atoms with E-state index in [9.17, 15) is 20.2 Å². The number of hydrogen-bond donors (Lipinski definition) is 0. The number of non-ortho nitro benzene ring substituents is 2. The Hall–Kier alpha value is -4.42. The van der Waals surface area contributed by atoms with Crippen molar-refractivity contribution in [2.24, 2.45) is 0 Å². The molecule has 0 atom stereocenters. The van der Waals surface area contributed by atoms with Crippen LogP contribution in [0.25, 0.3) is 0 Å². The molecule has 0 amide bonds. The Morgan fingerprint density at radius 1 is 0.641 bits per heavy atom. The highest BCUT2D eigenvalue weighted by Gasteiger charge is 2.46. The van der Waals surface area contributed by atoms with Crippen molar-refractivity contribution in [2.75, 3.05) is 0 Å². The molecule has 4 aromatic rings. The number of rotatable bonds is 7. The van der Waals surface area contributed by atoms with E-state index >= 15 is 0 Å². The van der Waals surface area contributed by atoms with Crippen LogP contribution in [-0.4, -0.2) is 15.8 Å². The van der Waals surface area contributed by atoms with Crippen molar-refractivity contribution in [3.8, 4) is 0 Å². The van der Waals surface area contributed by atoms with Crippen molar-refractivity contribution in [3.63, 3.8) is 0 Å². The van der Waals surface area contributed by atoms with E-state index in [1.807, 2.05) is 20.8 Å². The zero-order valence-electron chi connectivity index (χ0n) is 22.2. The molecule has 0 spiro atoms. The molecule has 200 valence electrons. The maximum absolute atomic E-state index is 11.6. The summed E-state index contributed by atoms with van der Waals surface area (Å²) in [6, 6.07) is 29.1. The summed E-state index contributed by atoms with van der Waals surface area (Å²) in [5.41, 5.74) is 3.41. The van der Waals surface area contributed by atoms with Crippen molar-refractivity contribution in [3.05, 3.63) is 133 Å². The minimum absolute atomic E-state index is 0.274. The van der Waals surface area contributed by atoms with Gasteiger partial charge >= 0.3 is 0 Å². The van der Waals surface area contributed by atoms with Crippen LogP contribution in [0.1, 0.15) is 29.2 Å². The van der Waals surface area contributed by atoms with Crippen LogP contribution in [0.5, 0.6) is 0 Å². The third-order valence-electron chi connectivity index (χ3n) is 6.23. The monoisotopic (exact) mass is 544 g/mol. The summed E-state index contributed by atoms with van der Waals surface area (Å²) in [6.07, 6.45) is 0.421. The van der Waals surface area contributed by atoms with Gasteiger partial charge in [0.15, 0.2) is 0 Å². The average Bonchev–Trinajstić information content (AvgIpc) is 2.88. The third-order valence-corrected chi connectivity index (χ3v) is 10.6. The number of hydrogen-bond acceptors (Lipinski definition) is 6. The summed E-state index contributed by atoms with van der Waals surface area (Å²) >= 11 is 0. The van der Waals surface area contributed by atoms with Gasteiger partial charge < -0.3 is 9.90 Å². The second-order valence-corrected chi connectivity index (χ2v) is 12.8. The summed E-state index contributed by atoms with van der Waals surface area (Å²) in [7, 11) is -2.38. The first-order valence-electron chi connectivity index (χ1n) is 12.1. The number of carboxylic acids is 1. The number of carbonyl (C=O) groups excluding carboxylic acids is 1. The van der Waals surface area contributed by atoms with Crippen molar-refractivity contribution >= 4 is 40.5 Å². The molecule has 0 fully saturated rings. The van der Waals surface area contributed by atoms with E-state index in [0.29, 0.717) is 11.7 Å². The zero-order chi connectivity index (χ0) is 28.7. The molecule has 39 heavy (non-hydrogen) atoms. The summed E-state index contributed by atoms with van der Waals surface area (Å²) in [5, 5.41) is 35.5. The first kappa shape index (κ1) is 29.1.